The number of rotatable bonds is 1. The van der Waals surface area contributed by atoms with Gasteiger partial charge in [-0.15, -0.1) is 0 Å². The maximum atomic E-state index is 6.06. The van der Waals surface area contributed by atoms with E-state index in [1.54, 1.807) is 6.20 Å². The second kappa shape index (κ2) is 4.95. The van der Waals surface area contributed by atoms with Gasteiger partial charge in [-0.1, -0.05) is 23.7 Å². The highest BCUT2D eigenvalue weighted by atomic mass is 35.5. The van der Waals surface area contributed by atoms with Crippen LogP contribution in [0.1, 0.15) is 29.5 Å². The zero-order valence-electron chi connectivity index (χ0n) is 10.1. The molecule has 1 nitrogen and oxygen atoms in total. The molecule has 2 heteroatoms. The predicted molar refractivity (Wildman–Crippen MR) is 76.5 cm³/mol. The van der Waals surface area contributed by atoms with Gasteiger partial charge in [0.25, 0.3) is 0 Å². The zero-order chi connectivity index (χ0) is 12.4. The highest BCUT2D eigenvalue weighted by Gasteiger charge is 2.14. The topological polar surface area (TPSA) is 12.9 Å². The summed E-state index contributed by atoms with van der Waals surface area (Å²) >= 11 is 6.06. The van der Waals surface area contributed by atoms with Crippen molar-refractivity contribution < 1.29 is 0 Å². The minimum atomic E-state index is 0.830. The Kier molecular flexibility index (Phi) is 3.16. The Morgan fingerprint density at radius 1 is 1.17 bits per heavy atom. The summed E-state index contributed by atoms with van der Waals surface area (Å²) in [5, 5.41) is 0.830. The van der Waals surface area contributed by atoms with Gasteiger partial charge in [0.15, 0.2) is 0 Å². The molecule has 0 fully saturated rings. The van der Waals surface area contributed by atoms with Gasteiger partial charge in [-0.2, -0.15) is 0 Å². The molecule has 0 bridgehead atoms. The van der Waals surface area contributed by atoms with Gasteiger partial charge in [-0.3, -0.25) is 4.98 Å². The Morgan fingerprint density at radius 2 is 2.11 bits per heavy atom. The molecule has 90 valence electrons. The van der Waals surface area contributed by atoms with Crippen molar-refractivity contribution in [2.45, 2.75) is 19.3 Å². The van der Waals surface area contributed by atoms with Crippen LogP contribution in [-0.4, -0.2) is 4.98 Å². The average molecular weight is 256 g/mol. The van der Waals surface area contributed by atoms with Crippen LogP contribution in [0.25, 0.3) is 11.6 Å². The smallest absolute Gasteiger partial charge is 0.0409 e. The minimum absolute atomic E-state index is 0.830. The Balaban J connectivity index is 2.04. The summed E-state index contributed by atoms with van der Waals surface area (Å²) in [6.45, 7) is 0. The molecule has 18 heavy (non-hydrogen) atoms. The Labute approximate surface area is 112 Å². The lowest BCUT2D eigenvalue weighted by molar-refractivity contribution is 0.824. The molecule has 0 radical (unpaired) electrons. The van der Waals surface area contributed by atoms with Crippen molar-refractivity contribution in [2.75, 3.05) is 0 Å². The summed E-state index contributed by atoms with van der Waals surface area (Å²) in [6.07, 6.45) is 9.38. The van der Waals surface area contributed by atoms with Crippen molar-refractivity contribution in [3.8, 4) is 0 Å². The van der Waals surface area contributed by atoms with Crippen LogP contribution < -0.4 is 0 Å². The first-order chi connectivity index (χ1) is 8.83. The molecule has 0 spiro atoms. The van der Waals surface area contributed by atoms with Crippen molar-refractivity contribution in [1.29, 1.82) is 0 Å². The van der Waals surface area contributed by atoms with Crippen LogP contribution in [0, 0.1) is 0 Å². The normalized spacial score (nSPS) is 16.6. The van der Waals surface area contributed by atoms with Gasteiger partial charge in [-0.25, -0.2) is 0 Å². The number of aryl methyl sites for hydroxylation is 1. The Morgan fingerprint density at radius 3 is 2.94 bits per heavy atom. The summed E-state index contributed by atoms with van der Waals surface area (Å²) in [5.74, 6) is 0. The largest absolute Gasteiger partial charge is 0.264 e. The quantitative estimate of drug-likeness (QED) is 0.725. The van der Waals surface area contributed by atoms with E-state index in [2.05, 4.69) is 29.3 Å². The van der Waals surface area contributed by atoms with Crippen LogP contribution in [0.3, 0.4) is 0 Å². The minimum Gasteiger partial charge on any atom is -0.264 e. The number of fused-ring (bicyclic) bond motifs is 1. The van der Waals surface area contributed by atoms with E-state index in [0.717, 1.165) is 23.4 Å². The highest BCUT2D eigenvalue weighted by molar-refractivity contribution is 6.30. The van der Waals surface area contributed by atoms with Crippen LogP contribution in [-0.2, 0) is 6.42 Å². The van der Waals surface area contributed by atoms with Gasteiger partial charge >= 0.3 is 0 Å². The molecule has 0 unspecified atom stereocenters. The van der Waals surface area contributed by atoms with Gasteiger partial charge < -0.3 is 0 Å². The van der Waals surface area contributed by atoms with E-state index in [1.165, 1.54) is 23.1 Å². The number of benzene rings is 1. The summed E-state index contributed by atoms with van der Waals surface area (Å²) in [4.78, 5) is 4.15. The third kappa shape index (κ3) is 2.32. The van der Waals surface area contributed by atoms with Crippen LogP contribution in [0.2, 0.25) is 5.02 Å². The monoisotopic (exact) mass is 255 g/mol. The first kappa shape index (κ1) is 11.5. The van der Waals surface area contributed by atoms with Crippen molar-refractivity contribution in [3.63, 3.8) is 0 Å². The first-order valence-corrected chi connectivity index (χ1v) is 6.60. The second-order valence-electron chi connectivity index (χ2n) is 4.61. The fourth-order valence-electron chi connectivity index (χ4n) is 2.50. The lowest BCUT2D eigenvalue weighted by atomic mass is 9.86. The third-order valence-electron chi connectivity index (χ3n) is 3.33. The number of halogens is 1. The lowest BCUT2D eigenvalue weighted by Gasteiger charge is -2.19. The van der Waals surface area contributed by atoms with Gasteiger partial charge in [0.2, 0.25) is 0 Å². The van der Waals surface area contributed by atoms with E-state index in [9.17, 15) is 0 Å². The molecule has 1 aromatic heterocycles. The fourth-order valence-corrected chi connectivity index (χ4v) is 2.69. The van der Waals surface area contributed by atoms with Crippen molar-refractivity contribution >= 4 is 23.3 Å². The summed E-state index contributed by atoms with van der Waals surface area (Å²) in [5.41, 5.74) is 5.26. The Bertz CT molecular complexity index is 587. The number of hydrogen-bond acceptors (Lipinski definition) is 1. The van der Waals surface area contributed by atoms with E-state index in [1.807, 2.05) is 18.3 Å². The van der Waals surface area contributed by atoms with Gasteiger partial charge in [-0.05, 0) is 65.8 Å². The molecular weight excluding hydrogens is 242 g/mol. The molecule has 0 saturated heterocycles. The molecule has 1 aliphatic rings. The van der Waals surface area contributed by atoms with Crippen LogP contribution >= 0.6 is 11.6 Å². The van der Waals surface area contributed by atoms with Crippen molar-refractivity contribution in [1.82, 2.24) is 4.98 Å². The van der Waals surface area contributed by atoms with Crippen LogP contribution in [0.15, 0.2) is 42.7 Å². The first-order valence-electron chi connectivity index (χ1n) is 6.22. The molecular formula is C16H14ClN. The van der Waals surface area contributed by atoms with Crippen LogP contribution in [0.5, 0.6) is 0 Å². The average Bonchev–Trinajstić information content (AvgIpc) is 2.40. The summed E-state index contributed by atoms with van der Waals surface area (Å²) < 4.78 is 0. The number of nitrogens with zero attached hydrogens (tertiary/aromatic N) is 1. The molecule has 1 aromatic carbocycles. The summed E-state index contributed by atoms with van der Waals surface area (Å²) in [6, 6.07) is 10.3. The van der Waals surface area contributed by atoms with Gasteiger partial charge in [0.05, 0.1) is 0 Å². The fraction of sp³-hybridized carbons (Fsp3) is 0.188. The second-order valence-corrected chi connectivity index (χ2v) is 5.05. The van der Waals surface area contributed by atoms with Crippen LogP contribution in [0.4, 0.5) is 0 Å². The van der Waals surface area contributed by atoms with E-state index >= 15 is 0 Å². The van der Waals surface area contributed by atoms with Gasteiger partial charge in [0, 0.05) is 17.4 Å². The van der Waals surface area contributed by atoms with E-state index in [-0.39, 0.29) is 0 Å². The molecule has 0 amide bonds. The van der Waals surface area contributed by atoms with E-state index in [4.69, 9.17) is 11.6 Å². The highest BCUT2D eigenvalue weighted by Crippen LogP contribution is 2.33. The molecule has 3 rings (SSSR count). The van der Waals surface area contributed by atoms with Crippen molar-refractivity contribution in [2.24, 2.45) is 0 Å². The number of aromatic nitrogens is 1. The maximum absolute atomic E-state index is 6.06. The number of hydrogen-bond donors (Lipinski definition) is 0. The zero-order valence-corrected chi connectivity index (χ0v) is 10.8. The molecule has 0 N–H and O–H groups in total. The van der Waals surface area contributed by atoms with E-state index in [0.29, 0.717) is 0 Å². The number of allylic oxidation sites excluding steroid dienone is 1. The van der Waals surface area contributed by atoms with Gasteiger partial charge in [0.1, 0.15) is 0 Å². The molecule has 1 aliphatic carbocycles. The predicted octanol–water partition coefficient (Wildman–Crippen LogP) is 4.61. The standard InChI is InChI=1S/C16H14ClN/c17-15-6-7-16-13(4-1-5-14(16)10-15)9-12-3-2-8-18-11-12/h2-3,6-11H,1,4-5H2. The van der Waals surface area contributed by atoms with E-state index < -0.39 is 0 Å². The lowest BCUT2D eigenvalue weighted by Crippen LogP contribution is -2.01. The molecule has 2 aromatic rings. The number of pyridine rings is 1. The third-order valence-corrected chi connectivity index (χ3v) is 3.57. The molecule has 0 saturated carbocycles. The molecule has 0 aliphatic heterocycles. The molecule has 1 heterocycles. The maximum Gasteiger partial charge on any atom is 0.0409 e. The molecule has 0 atom stereocenters. The Hall–Kier alpha value is -1.60. The SMILES string of the molecule is Clc1ccc2c(c1)CCCC2=Cc1cccnc1. The summed E-state index contributed by atoms with van der Waals surface area (Å²) in [7, 11) is 0. The van der Waals surface area contributed by atoms with Crippen molar-refractivity contribution in [3.05, 3.63) is 64.4 Å².